The lowest BCUT2D eigenvalue weighted by molar-refractivity contribution is -0.208. The van der Waals surface area contributed by atoms with Gasteiger partial charge >= 0.3 is 6.18 Å². The van der Waals surface area contributed by atoms with Gasteiger partial charge in [-0.2, -0.15) is 13.2 Å². The van der Waals surface area contributed by atoms with Gasteiger partial charge in [0.15, 0.2) is 6.10 Å². The van der Waals surface area contributed by atoms with Crippen molar-refractivity contribution in [3.8, 4) is 0 Å². The number of H-pyrrole nitrogens is 1. The molecule has 0 fully saturated rings. The summed E-state index contributed by atoms with van der Waals surface area (Å²) in [6.07, 6.45) is -7.01. The average Bonchev–Trinajstić information content (AvgIpc) is 2.79. The highest BCUT2D eigenvalue weighted by Crippen LogP contribution is 2.25. The van der Waals surface area contributed by atoms with Crippen LogP contribution in [0.1, 0.15) is 18.8 Å². The molecule has 0 unspecified atom stereocenters. The van der Waals surface area contributed by atoms with Crippen molar-refractivity contribution in [2.45, 2.75) is 25.2 Å². The smallest absolute Gasteiger partial charge is 0.382 e. The van der Waals surface area contributed by atoms with E-state index in [0.29, 0.717) is 21.9 Å². The fraction of sp³-hybridized carbons (Fsp3) is 0.462. The molecule has 0 radical (unpaired) electrons. The van der Waals surface area contributed by atoms with Crippen LogP contribution in [0.5, 0.6) is 0 Å². The second-order valence-electron chi connectivity index (χ2n) is 4.96. The summed E-state index contributed by atoms with van der Waals surface area (Å²) >= 11 is 5.87. The predicted octanol–water partition coefficient (Wildman–Crippen LogP) is 3.13. The van der Waals surface area contributed by atoms with Gasteiger partial charge in [-0.15, -0.1) is 0 Å². The Bertz CT molecular complexity index is 629. The third-order valence-electron chi connectivity index (χ3n) is 3.36. The number of aromatic amines is 1. The second-order valence-corrected chi connectivity index (χ2v) is 5.39. The molecule has 2 N–H and O–H groups in total. The molecule has 0 saturated carbocycles. The monoisotopic (exact) mass is 321 g/mol. The molecule has 2 aromatic rings. The van der Waals surface area contributed by atoms with E-state index in [1.165, 1.54) is 11.9 Å². The van der Waals surface area contributed by atoms with Crippen LogP contribution in [0.3, 0.4) is 0 Å². The van der Waals surface area contributed by atoms with Gasteiger partial charge in [-0.25, -0.2) is 4.98 Å². The summed E-state index contributed by atoms with van der Waals surface area (Å²) in [6, 6.07) is 4.71. The molecule has 0 aliphatic rings. The van der Waals surface area contributed by atoms with Crippen LogP contribution in [0, 0.1) is 0 Å². The van der Waals surface area contributed by atoms with Crippen LogP contribution < -0.4 is 0 Å². The molecular weight excluding hydrogens is 307 g/mol. The number of alkyl halides is 3. The highest BCUT2D eigenvalue weighted by atomic mass is 35.5. The maximum absolute atomic E-state index is 12.4. The van der Waals surface area contributed by atoms with Gasteiger partial charge in [0.2, 0.25) is 0 Å². The molecule has 2 rings (SSSR count). The molecule has 1 aromatic carbocycles. The SMILES string of the molecule is C[C@H](c1nc2ccc(Cl)cc2[nH]1)N(C)C[C@@H](O)C(F)(F)F. The number of imidazole rings is 1. The first-order chi connectivity index (χ1) is 9.68. The molecule has 21 heavy (non-hydrogen) atoms. The van der Waals surface area contributed by atoms with Crippen LogP contribution in [-0.2, 0) is 0 Å². The number of halogens is 4. The van der Waals surface area contributed by atoms with Crippen molar-refractivity contribution in [1.82, 2.24) is 14.9 Å². The van der Waals surface area contributed by atoms with E-state index in [1.807, 2.05) is 0 Å². The predicted molar refractivity (Wildman–Crippen MR) is 74.2 cm³/mol. The summed E-state index contributed by atoms with van der Waals surface area (Å²) in [7, 11) is 1.50. The number of aliphatic hydroxyl groups excluding tert-OH is 1. The lowest BCUT2D eigenvalue weighted by Gasteiger charge is -2.26. The Labute approximate surface area is 124 Å². The zero-order valence-electron chi connectivity index (χ0n) is 11.4. The van der Waals surface area contributed by atoms with Gasteiger partial charge in [0.1, 0.15) is 5.82 Å². The molecule has 0 aliphatic carbocycles. The molecule has 4 nitrogen and oxygen atoms in total. The van der Waals surface area contributed by atoms with Crippen LogP contribution in [0.25, 0.3) is 11.0 Å². The number of hydrogen-bond donors (Lipinski definition) is 2. The first-order valence-corrected chi connectivity index (χ1v) is 6.66. The van der Waals surface area contributed by atoms with E-state index < -0.39 is 24.9 Å². The number of likely N-dealkylation sites (N-methyl/N-ethyl adjacent to an activating group) is 1. The number of rotatable bonds is 4. The van der Waals surface area contributed by atoms with Gasteiger partial charge in [-0.05, 0) is 32.2 Å². The maximum atomic E-state index is 12.4. The van der Waals surface area contributed by atoms with Crippen molar-refractivity contribution < 1.29 is 18.3 Å². The highest BCUT2D eigenvalue weighted by Gasteiger charge is 2.39. The van der Waals surface area contributed by atoms with Gasteiger partial charge < -0.3 is 10.1 Å². The standard InChI is InChI=1S/C13H15ClF3N3O/c1-7(20(2)6-11(21)13(15,16)17)12-18-9-4-3-8(14)5-10(9)19-12/h3-5,7,11,21H,6H2,1-2H3,(H,18,19)/t7-,11-/m1/s1. The van der Waals surface area contributed by atoms with Gasteiger partial charge in [-0.1, -0.05) is 11.6 Å². The number of hydrogen-bond acceptors (Lipinski definition) is 3. The number of nitrogens with one attached hydrogen (secondary N) is 1. The van der Waals surface area contributed by atoms with Crippen molar-refractivity contribution in [1.29, 1.82) is 0 Å². The minimum Gasteiger partial charge on any atom is -0.382 e. The van der Waals surface area contributed by atoms with Crippen molar-refractivity contribution in [2.24, 2.45) is 0 Å². The third kappa shape index (κ3) is 3.66. The first-order valence-electron chi connectivity index (χ1n) is 6.28. The Morgan fingerprint density at radius 3 is 2.71 bits per heavy atom. The normalized spacial score (nSPS) is 15.6. The minimum atomic E-state index is -4.63. The van der Waals surface area contributed by atoms with Crippen LogP contribution in [0.15, 0.2) is 18.2 Å². The molecule has 0 aliphatic heterocycles. The summed E-state index contributed by atoms with van der Waals surface area (Å²) in [5.74, 6) is 0.518. The number of aliphatic hydroxyl groups is 1. The van der Waals surface area contributed by atoms with E-state index in [0.717, 1.165) is 0 Å². The van der Waals surface area contributed by atoms with E-state index in [9.17, 15) is 13.2 Å². The van der Waals surface area contributed by atoms with Crippen LogP contribution >= 0.6 is 11.6 Å². The van der Waals surface area contributed by atoms with E-state index in [4.69, 9.17) is 16.7 Å². The Morgan fingerprint density at radius 2 is 2.10 bits per heavy atom. The summed E-state index contributed by atoms with van der Waals surface area (Å²) in [6.45, 7) is 1.19. The Balaban J connectivity index is 2.15. The maximum Gasteiger partial charge on any atom is 0.415 e. The summed E-state index contributed by atoms with van der Waals surface area (Å²) in [4.78, 5) is 8.74. The average molecular weight is 322 g/mol. The van der Waals surface area contributed by atoms with Gasteiger partial charge in [-0.3, -0.25) is 4.90 Å². The largest absolute Gasteiger partial charge is 0.415 e. The Hall–Kier alpha value is -1.31. The van der Waals surface area contributed by atoms with E-state index in [2.05, 4.69) is 9.97 Å². The number of nitrogens with zero attached hydrogens (tertiary/aromatic N) is 2. The molecule has 0 amide bonds. The minimum absolute atomic E-state index is 0.409. The van der Waals surface area contributed by atoms with Crippen molar-refractivity contribution in [3.05, 3.63) is 29.0 Å². The zero-order chi connectivity index (χ0) is 15.8. The number of aromatic nitrogens is 2. The molecule has 0 spiro atoms. The second kappa shape index (κ2) is 5.82. The molecule has 1 aromatic heterocycles. The number of fused-ring (bicyclic) bond motifs is 1. The fourth-order valence-electron chi connectivity index (χ4n) is 1.94. The van der Waals surface area contributed by atoms with Crippen molar-refractivity contribution in [3.63, 3.8) is 0 Å². The highest BCUT2D eigenvalue weighted by molar-refractivity contribution is 6.31. The van der Waals surface area contributed by atoms with Crippen LogP contribution in [-0.4, -0.2) is 45.8 Å². The molecule has 1 heterocycles. The molecular formula is C13H15ClF3N3O. The molecule has 0 bridgehead atoms. The molecule has 0 saturated heterocycles. The molecule has 2 atom stereocenters. The summed E-state index contributed by atoms with van der Waals surface area (Å²) < 4.78 is 37.1. The topological polar surface area (TPSA) is 52.2 Å². The van der Waals surface area contributed by atoms with E-state index in [1.54, 1.807) is 25.1 Å². The summed E-state index contributed by atoms with van der Waals surface area (Å²) in [5.41, 5.74) is 1.40. The Kier molecular flexibility index (Phi) is 4.46. The first kappa shape index (κ1) is 16.1. The van der Waals surface area contributed by atoms with E-state index in [-0.39, 0.29) is 0 Å². The van der Waals surface area contributed by atoms with Crippen molar-refractivity contribution >= 4 is 22.6 Å². The molecule has 116 valence electrons. The number of benzene rings is 1. The van der Waals surface area contributed by atoms with Gasteiger partial charge in [0.05, 0.1) is 17.1 Å². The van der Waals surface area contributed by atoms with Crippen LogP contribution in [0.4, 0.5) is 13.2 Å². The van der Waals surface area contributed by atoms with E-state index >= 15 is 0 Å². The fourth-order valence-corrected chi connectivity index (χ4v) is 2.11. The van der Waals surface area contributed by atoms with Gasteiger partial charge in [0, 0.05) is 11.6 Å². The summed E-state index contributed by atoms with van der Waals surface area (Å²) in [5, 5.41) is 9.66. The zero-order valence-corrected chi connectivity index (χ0v) is 12.2. The Morgan fingerprint density at radius 1 is 1.43 bits per heavy atom. The van der Waals surface area contributed by atoms with Crippen LogP contribution in [0.2, 0.25) is 5.02 Å². The molecule has 8 heteroatoms. The third-order valence-corrected chi connectivity index (χ3v) is 3.59. The quantitative estimate of drug-likeness (QED) is 0.909. The lowest BCUT2D eigenvalue weighted by atomic mass is 10.2. The van der Waals surface area contributed by atoms with Crippen molar-refractivity contribution in [2.75, 3.05) is 13.6 Å². The lowest BCUT2D eigenvalue weighted by Crippen LogP contribution is -2.40. The van der Waals surface area contributed by atoms with Gasteiger partial charge in [0.25, 0.3) is 0 Å².